The van der Waals surface area contributed by atoms with Crippen molar-refractivity contribution in [3.8, 4) is 11.3 Å². The Morgan fingerprint density at radius 3 is 2.44 bits per heavy atom. The van der Waals surface area contributed by atoms with Gasteiger partial charge in [0.1, 0.15) is 11.5 Å². The van der Waals surface area contributed by atoms with Crippen molar-refractivity contribution < 1.29 is 4.42 Å². The number of nitrogens with zero attached hydrogens (tertiary/aromatic N) is 2. The molecule has 0 spiro atoms. The molecule has 2 aromatic heterocycles. The highest BCUT2D eigenvalue weighted by Gasteiger charge is 2.16. The van der Waals surface area contributed by atoms with Gasteiger partial charge < -0.3 is 15.5 Å². The van der Waals surface area contributed by atoms with Gasteiger partial charge in [-0.1, -0.05) is 0 Å². The lowest BCUT2D eigenvalue weighted by atomic mass is 10.1. The number of furan rings is 1. The van der Waals surface area contributed by atoms with Crippen LogP contribution < -0.4 is 11.1 Å². The van der Waals surface area contributed by atoms with Crippen molar-refractivity contribution in [2.75, 3.05) is 11.9 Å². The van der Waals surface area contributed by atoms with Crippen LogP contribution in [-0.2, 0) is 0 Å². The first-order valence-electron chi connectivity index (χ1n) is 5.87. The van der Waals surface area contributed by atoms with E-state index in [2.05, 4.69) is 15.3 Å². The van der Waals surface area contributed by atoms with E-state index < -0.39 is 0 Å². The van der Waals surface area contributed by atoms with Crippen LogP contribution in [0.25, 0.3) is 11.3 Å². The average Bonchev–Trinajstić information content (AvgIpc) is 2.76. The van der Waals surface area contributed by atoms with E-state index in [-0.39, 0.29) is 5.54 Å². The molecule has 0 aliphatic rings. The molecule has 2 heterocycles. The second kappa shape index (κ2) is 4.78. The maximum absolute atomic E-state index is 5.64. The van der Waals surface area contributed by atoms with Gasteiger partial charge in [-0.05, 0) is 32.9 Å². The fourth-order valence-electron chi connectivity index (χ4n) is 1.46. The summed E-state index contributed by atoms with van der Waals surface area (Å²) in [6.45, 7) is 6.42. The monoisotopic (exact) mass is 246 g/mol. The second-order valence-corrected chi connectivity index (χ2v) is 4.92. The standard InChI is InChI=1S/C13H18N4O/c1-9-4-5-11(18-9)10-6-15-12(16-7-10)17-13(2,3)8-14/h4-7H,8,14H2,1-3H3,(H,15,16,17). The van der Waals surface area contributed by atoms with Crippen molar-refractivity contribution in [2.24, 2.45) is 5.73 Å². The van der Waals surface area contributed by atoms with Crippen molar-refractivity contribution in [3.63, 3.8) is 0 Å². The molecule has 3 N–H and O–H groups in total. The van der Waals surface area contributed by atoms with E-state index in [4.69, 9.17) is 10.2 Å². The van der Waals surface area contributed by atoms with E-state index in [1.54, 1.807) is 12.4 Å². The molecule has 0 amide bonds. The van der Waals surface area contributed by atoms with E-state index in [9.17, 15) is 0 Å². The van der Waals surface area contributed by atoms with Gasteiger partial charge in [0.25, 0.3) is 0 Å². The Bertz CT molecular complexity index is 516. The number of rotatable bonds is 4. The number of aromatic nitrogens is 2. The molecule has 18 heavy (non-hydrogen) atoms. The van der Waals surface area contributed by atoms with Gasteiger partial charge in [0.2, 0.25) is 5.95 Å². The van der Waals surface area contributed by atoms with Crippen LogP contribution in [0.2, 0.25) is 0 Å². The zero-order valence-electron chi connectivity index (χ0n) is 10.9. The highest BCUT2D eigenvalue weighted by atomic mass is 16.3. The number of anilines is 1. The van der Waals surface area contributed by atoms with Crippen molar-refractivity contribution in [1.29, 1.82) is 0 Å². The number of nitrogens with one attached hydrogen (secondary N) is 1. The highest BCUT2D eigenvalue weighted by molar-refractivity contribution is 5.55. The molecule has 0 aromatic carbocycles. The van der Waals surface area contributed by atoms with Crippen molar-refractivity contribution in [3.05, 3.63) is 30.3 Å². The maximum Gasteiger partial charge on any atom is 0.223 e. The quantitative estimate of drug-likeness (QED) is 0.864. The molecule has 0 atom stereocenters. The minimum atomic E-state index is -0.219. The lowest BCUT2D eigenvalue weighted by molar-refractivity contribution is 0.547. The summed E-state index contributed by atoms with van der Waals surface area (Å²) in [5.41, 5.74) is 6.29. The summed E-state index contributed by atoms with van der Waals surface area (Å²) < 4.78 is 5.51. The van der Waals surface area contributed by atoms with Gasteiger partial charge >= 0.3 is 0 Å². The van der Waals surface area contributed by atoms with Crippen LogP contribution in [0.1, 0.15) is 19.6 Å². The van der Waals surface area contributed by atoms with Crippen LogP contribution in [-0.4, -0.2) is 22.1 Å². The molecule has 0 saturated heterocycles. The molecule has 96 valence electrons. The van der Waals surface area contributed by atoms with E-state index in [0.29, 0.717) is 12.5 Å². The smallest absolute Gasteiger partial charge is 0.223 e. The summed E-state index contributed by atoms with van der Waals surface area (Å²) in [5, 5.41) is 3.17. The molecular formula is C13H18N4O. The summed E-state index contributed by atoms with van der Waals surface area (Å²) in [6.07, 6.45) is 3.47. The molecule has 5 nitrogen and oxygen atoms in total. The Morgan fingerprint density at radius 2 is 1.94 bits per heavy atom. The van der Waals surface area contributed by atoms with Crippen molar-refractivity contribution in [2.45, 2.75) is 26.3 Å². The first kappa shape index (κ1) is 12.6. The van der Waals surface area contributed by atoms with Crippen molar-refractivity contribution in [1.82, 2.24) is 9.97 Å². The van der Waals surface area contributed by atoms with Crippen molar-refractivity contribution >= 4 is 5.95 Å². The first-order chi connectivity index (χ1) is 8.50. The average molecular weight is 246 g/mol. The topological polar surface area (TPSA) is 77.0 Å². The number of aryl methyl sites for hydroxylation is 1. The first-order valence-corrected chi connectivity index (χ1v) is 5.87. The molecule has 0 unspecified atom stereocenters. The fraction of sp³-hybridized carbons (Fsp3) is 0.385. The van der Waals surface area contributed by atoms with Crippen LogP contribution in [0.5, 0.6) is 0 Å². The van der Waals surface area contributed by atoms with Gasteiger partial charge in [0.15, 0.2) is 0 Å². The number of hydrogen-bond acceptors (Lipinski definition) is 5. The van der Waals surface area contributed by atoms with Gasteiger partial charge in [-0.2, -0.15) is 0 Å². The molecule has 0 bridgehead atoms. The summed E-state index contributed by atoms with van der Waals surface area (Å²) >= 11 is 0. The van der Waals surface area contributed by atoms with Gasteiger partial charge in [-0.3, -0.25) is 0 Å². The lowest BCUT2D eigenvalue weighted by Gasteiger charge is -2.23. The normalized spacial score (nSPS) is 11.6. The third-order valence-corrected chi connectivity index (χ3v) is 2.64. The summed E-state index contributed by atoms with van der Waals surface area (Å²) in [7, 11) is 0. The third kappa shape index (κ3) is 2.87. The van der Waals surface area contributed by atoms with E-state index in [1.165, 1.54) is 0 Å². The minimum absolute atomic E-state index is 0.219. The van der Waals surface area contributed by atoms with Gasteiger partial charge in [0, 0.05) is 24.5 Å². The second-order valence-electron chi connectivity index (χ2n) is 4.92. The van der Waals surface area contributed by atoms with E-state index >= 15 is 0 Å². The molecule has 2 rings (SSSR count). The van der Waals surface area contributed by atoms with E-state index in [1.807, 2.05) is 32.9 Å². The SMILES string of the molecule is Cc1ccc(-c2cnc(NC(C)(C)CN)nc2)o1. The van der Waals surface area contributed by atoms with Gasteiger partial charge in [-0.25, -0.2) is 9.97 Å². The molecule has 0 aliphatic heterocycles. The summed E-state index contributed by atoms with van der Waals surface area (Å²) in [4.78, 5) is 8.52. The van der Waals surface area contributed by atoms with Crippen LogP contribution in [0.3, 0.4) is 0 Å². The Balaban J connectivity index is 2.15. The van der Waals surface area contributed by atoms with Gasteiger partial charge in [-0.15, -0.1) is 0 Å². The zero-order chi connectivity index (χ0) is 13.2. The Labute approximate surface area is 106 Å². The Morgan fingerprint density at radius 1 is 1.28 bits per heavy atom. The van der Waals surface area contributed by atoms with Crippen LogP contribution in [0.4, 0.5) is 5.95 Å². The largest absolute Gasteiger partial charge is 0.461 e. The summed E-state index contributed by atoms with van der Waals surface area (Å²) in [6, 6.07) is 3.82. The van der Waals surface area contributed by atoms with Crippen LogP contribution >= 0.6 is 0 Å². The Kier molecular flexibility index (Phi) is 3.34. The molecule has 0 saturated carbocycles. The Hall–Kier alpha value is -1.88. The molecule has 0 aliphatic carbocycles. The highest BCUT2D eigenvalue weighted by Crippen LogP contribution is 2.21. The third-order valence-electron chi connectivity index (χ3n) is 2.64. The predicted molar refractivity (Wildman–Crippen MR) is 71.2 cm³/mol. The molecular weight excluding hydrogens is 228 g/mol. The predicted octanol–water partition coefficient (Wildman–Crippen LogP) is 2.19. The molecule has 2 aromatic rings. The number of nitrogens with two attached hydrogens (primary N) is 1. The maximum atomic E-state index is 5.64. The van der Waals surface area contributed by atoms with E-state index in [0.717, 1.165) is 17.1 Å². The molecule has 0 fully saturated rings. The molecule has 5 heteroatoms. The van der Waals surface area contributed by atoms with Gasteiger partial charge in [0.05, 0.1) is 5.56 Å². The lowest BCUT2D eigenvalue weighted by Crippen LogP contribution is -2.39. The zero-order valence-corrected chi connectivity index (χ0v) is 10.9. The number of hydrogen-bond donors (Lipinski definition) is 2. The van der Waals surface area contributed by atoms with Crippen LogP contribution in [0.15, 0.2) is 28.9 Å². The fourth-order valence-corrected chi connectivity index (χ4v) is 1.46. The van der Waals surface area contributed by atoms with Crippen LogP contribution in [0, 0.1) is 6.92 Å². The summed E-state index contributed by atoms with van der Waals surface area (Å²) in [5.74, 6) is 2.21. The molecule has 0 radical (unpaired) electrons. The minimum Gasteiger partial charge on any atom is -0.461 e.